The van der Waals surface area contributed by atoms with Crippen LogP contribution in [0, 0.1) is 0 Å². The lowest BCUT2D eigenvalue weighted by Crippen LogP contribution is -2.39. The van der Waals surface area contributed by atoms with Gasteiger partial charge in [0.05, 0.1) is 16.6 Å². The van der Waals surface area contributed by atoms with Crippen molar-refractivity contribution in [3.05, 3.63) is 36.2 Å². The van der Waals surface area contributed by atoms with Crippen molar-refractivity contribution in [3.63, 3.8) is 0 Å². The van der Waals surface area contributed by atoms with E-state index in [0.717, 1.165) is 25.0 Å². The summed E-state index contributed by atoms with van der Waals surface area (Å²) in [5, 5.41) is 4.20. The minimum absolute atomic E-state index is 0.195. The molecule has 0 bridgehead atoms. The molecule has 8 heteroatoms. The lowest BCUT2D eigenvalue weighted by atomic mass is 10.0. The van der Waals surface area contributed by atoms with Crippen LogP contribution in [-0.4, -0.2) is 42.3 Å². The number of piperidine rings is 1. The molecule has 25 heavy (non-hydrogen) atoms. The Kier molecular flexibility index (Phi) is 4.16. The largest absolute Gasteiger partial charge is 0.486 e. The van der Waals surface area contributed by atoms with E-state index in [0.29, 0.717) is 31.3 Å². The molecule has 1 unspecified atom stereocenters. The van der Waals surface area contributed by atoms with E-state index in [4.69, 9.17) is 9.47 Å². The van der Waals surface area contributed by atoms with Gasteiger partial charge in [0.15, 0.2) is 11.5 Å². The SMILES string of the molecule is Cn1nccc1C1CCCCN1S(=O)(=O)c1ccc2c(c1)OCCO2. The van der Waals surface area contributed by atoms with Crippen molar-refractivity contribution in [2.24, 2.45) is 7.05 Å². The fraction of sp³-hybridized carbons (Fsp3) is 0.471. The molecule has 3 heterocycles. The van der Waals surface area contributed by atoms with Crippen LogP contribution in [0.1, 0.15) is 31.0 Å². The highest BCUT2D eigenvalue weighted by atomic mass is 32.2. The molecular formula is C17H21N3O4S. The van der Waals surface area contributed by atoms with Crippen LogP contribution in [0.5, 0.6) is 11.5 Å². The maximum absolute atomic E-state index is 13.3. The summed E-state index contributed by atoms with van der Waals surface area (Å²) >= 11 is 0. The van der Waals surface area contributed by atoms with Crippen LogP contribution in [0.4, 0.5) is 0 Å². The van der Waals surface area contributed by atoms with Gasteiger partial charge in [-0.15, -0.1) is 0 Å². The third kappa shape index (κ3) is 2.89. The summed E-state index contributed by atoms with van der Waals surface area (Å²) in [4.78, 5) is 0.241. The average molecular weight is 363 g/mol. The number of ether oxygens (including phenoxy) is 2. The highest BCUT2D eigenvalue weighted by molar-refractivity contribution is 7.89. The molecule has 0 saturated carbocycles. The monoisotopic (exact) mass is 363 g/mol. The Morgan fingerprint density at radius 3 is 2.68 bits per heavy atom. The predicted octanol–water partition coefficient (Wildman–Crippen LogP) is 2.11. The van der Waals surface area contributed by atoms with Crippen molar-refractivity contribution in [1.82, 2.24) is 14.1 Å². The van der Waals surface area contributed by atoms with Crippen molar-refractivity contribution < 1.29 is 17.9 Å². The number of aryl methyl sites for hydroxylation is 1. The molecule has 1 aromatic heterocycles. The van der Waals surface area contributed by atoms with Crippen LogP contribution in [0.3, 0.4) is 0 Å². The van der Waals surface area contributed by atoms with Gasteiger partial charge in [0.2, 0.25) is 10.0 Å². The zero-order valence-electron chi connectivity index (χ0n) is 14.1. The summed E-state index contributed by atoms with van der Waals surface area (Å²) in [6, 6.07) is 6.53. The maximum Gasteiger partial charge on any atom is 0.243 e. The molecule has 0 spiro atoms. The van der Waals surface area contributed by atoms with Gasteiger partial charge >= 0.3 is 0 Å². The zero-order valence-corrected chi connectivity index (χ0v) is 14.9. The van der Waals surface area contributed by atoms with Crippen molar-refractivity contribution in [2.75, 3.05) is 19.8 Å². The lowest BCUT2D eigenvalue weighted by molar-refractivity contribution is 0.171. The summed E-state index contributed by atoms with van der Waals surface area (Å²) in [6.07, 6.45) is 4.36. The molecule has 2 aromatic rings. The van der Waals surface area contributed by atoms with Crippen molar-refractivity contribution in [1.29, 1.82) is 0 Å². The first-order valence-corrected chi connectivity index (χ1v) is 9.91. The second kappa shape index (κ2) is 6.34. The second-order valence-electron chi connectivity index (χ2n) is 6.31. The normalized spacial score (nSPS) is 21.2. The van der Waals surface area contributed by atoms with E-state index in [1.54, 1.807) is 33.4 Å². The standard InChI is InChI=1S/C17H21N3O4S/c1-19-14(7-8-18-19)15-4-2-3-9-20(15)25(21,22)13-5-6-16-17(12-13)24-11-10-23-16/h5-8,12,15H,2-4,9-11H2,1H3. The Morgan fingerprint density at radius 2 is 1.92 bits per heavy atom. The van der Waals surface area contributed by atoms with Gasteiger partial charge in [-0.25, -0.2) is 8.42 Å². The van der Waals surface area contributed by atoms with E-state index in [1.807, 2.05) is 13.1 Å². The molecular weight excluding hydrogens is 342 g/mol. The van der Waals surface area contributed by atoms with Gasteiger partial charge in [-0.3, -0.25) is 4.68 Å². The molecule has 0 amide bonds. The first-order valence-electron chi connectivity index (χ1n) is 8.47. The number of sulfonamides is 1. The third-order valence-electron chi connectivity index (χ3n) is 4.77. The van der Waals surface area contributed by atoms with E-state index in [9.17, 15) is 8.42 Å². The van der Waals surface area contributed by atoms with E-state index in [1.165, 1.54) is 0 Å². The lowest BCUT2D eigenvalue weighted by Gasteiger charge is -2.34. The molecule has 1 fully saturated rings. The van der Waals surface area contributed by atoms with Crippen molar-refractivity contribution in [3.8, 4) is 11.5 Å². The number of aromatic nitrogens is 2. The Bertz CT molecular complexity index is 878. The summed E-state index contributed by atoms with van der Waals surface area (Å²) in [7, 11) is -1.78. The number of hydrogen-bond acceptors (Lipinski definition) is 5. The number of benzene rings is 1. The summed E-state index contributed by atoms with van der Waals surface area (Å²) < 4.78 is 41.0. The van der Waals surface area contributed by atoms with Crippen LogP contribution in [-0.2, 0) is 17.1 Å². The van der Waals surface area contributed by atoms with Gasteiger partial charge in [0, 0.05) is 25.9 Å². The topological polar surface area (TPSA) is 73.7 Å². The van der Waals surface area contributed by atoms with E-state index >= 15 is 0 Å². The van der Waals surface area contributed by atoms with E-state index in [-0.39, 0.29) is 10.9 Å². The first-order chi connectivity index (χ1) is 12.1. The maximum atomic E-state index is 13.3. The second-order valence-corrected chi connectivity index (χ2v) is 8.20. The van der Waals surface area contributed by atoms with Gasteiger partial charge in [0.1, 0.15) is 13.2 Å². The van der Waals surface area contributed by atoms with Crippen LogP contribution in [0.2, 0.25) is 0 Å². The minimum atomic E-state index is -3.63. The zero-order chi connectivity index (χ0) is 17.4. The van der Waals surface area contributed by atoms with Gasteiger partial charge < -0.3 is 9.47 Å². The number of nitrogens with zero attached hydrogens (tertiary/aromatic N) is 3. The quantitative estimate of drug-likeness (QED) is 0.835. The molecule has 134 valence electrons. The summed E-state index contributed by atoms with van der Waals surface area (Å²) in [5.41, 5.74) is 0.917. The molecule has 2 aliphatic rings. The van der Waals surface area contributed by atoms with Crippen molar-refractivity contribution in [2.45, 2.75) is 30.2 Å². The number of fused-ring (bicyclic) bond motifs is 1. The third-order valence-corrected chi connectivity index (χ3v) is 6.68. The molecule has 0 N–H and O–H groups in total. The molecule has 7 nitrogen and oxygen atoms in total. The number of hydrogen-bond donors (Lipinski definition) is 0. The average Bonchev–Trinajstić information content (AvgIpc) is 3.07. The molecule has 1 atom stereocenters. The van der Waals surface area contributed by atoms with Crippen LogP contribution < -0.4 is 9.47 Å². The highest BCUT2D eigenvalue weighted by Gasteiger charge is 2.36. The smallest absolute Gasteiger partial charge is 0.243 e. The molecule has 1 saturated heterocycles. The molecule has 0 aliphatic carbocycles. The number of rotatable bonds is 3. The molecule has 4 rings (SSSR count). The van der Waals surface area contributed by atoms with Crippen molar-refractivity contribution >= 4 is 10.0 Å². The first kappa shape index (κ1) is 16.4. The Hall–Kier alpha value is -2.06. The summed E-state index contributed by atoms with van der Waals surface area (Å²) in [6.45, 7) is 1.41. The van der Waals surface area contributed by atoms with E-state index < -0.39 is 10.0 Å². The molecule has 2 aliphatic heterocycles. The van der Waals surface area contributed by atoms with Gasteiger partial charge in [0.25, 0.3) is 0 Å². The van der Waals surface area contributed by atoms with Crippen LogP contribution >= 0.6 is 0 Å². The van der Waals surface area contributed by atoms with Crippen LogP contribution in [0.25, 0.3) is 0 Å². The highest BCUT2D eigenvalue weighted by Crippen LogP contribution is 2.38. The molecule has 0 radical (unpaired) electrons. The van der Waals surface area contributed by atoms with Gasteiger partial charge in [-0.05, 0) is 31.0 Å². The van der Waals surface area contributed by atoms with Gasteiger partial charge in [-0.2, -0.15) is 9.40 Å². The van der Waals surface area contributed by atoms with Gasteiger partial charge in [-0.1, -0.05) is 6.42 Å². The fourth-order valence-electron chi connectivity index (χ4n) is 3.52. The minimum Gasteiger partial charge on any atom is -0.486 e. The predicted molar refractivity (Wildman–Crippen MR) is 91.1 cm³/mol. The fourth-order valence-corrected chi connectivity index (χ4v) is 5.20. The summed E-state index contributed by atoms with van der Waals surface area (Å²) in [5.74, 6) is 1.08. The Labute approximate surface area is 147 Å². The van der Waals surface area contributed by atoms with E-state index in [2.05, 4.69) is 5.10 Å². The Morgan fingerprint density at radius 1 is 1.12 bits per heavy atom. The van der Waals surface area contributed by atoms with Crippen LogP contribution in [0.15, 0.2) is 35.4 Å². The molecule has 1 aromatic carbocycles. The Balaban J connectivity index is 1.71.